The van der Waals surface area contributed by atoms with Crippen LogP contribution in [0.1, 0.15) is 0 Å². The molecule has 0 radical (unpaired) electrons. The molecule has 3 N–H and O–H groups in total. The molecule has 0 amide bonds. The van der Waals surface area contributed by atoms with Crippen molar-refractivity contribution in [2.75, 3.05) is 5.73 Å². The quantitative estimate of drug-likeness (QED) is 0.799. The lowest BCUT2D eigenvalue weighted by molar-refractivity contribution is 0.140. The summed E-state index contributed by atoms with van der Waals surface area (Å²) in [6.45, 7) is 0. The Hall–Kier alpha value is -2.21. The third-order valence-corrected chi connectivity index (χ3v) is 2.34. The fraction of sp³-hybridized carbons (Fsp3) is 0. The van der Waals surface area contributed by atoms with Crippen LogP contribution in [0.4, 0.5) is 10.7 Å². The van der Waals surface area contributed by atoms with Gasteiger partial charge < -0.3 is 20.1 Å². The van der Waals surface area contributed by atoms with Crippen LogP contribution in [-0.2, 0) is 0 Å². The van der Waals surface area contributed by atoms with Crippen LogP contribution < -0.4 is 10.5 Å². The Balaban J connectivity index is 2.55. The summed E-state index contributed by atoms with van der Waals surface area (Å²) in [5.41, 5.74) is 6.27. The van der Waals surface area contributed by atoms with Crippen LogP contribution >= 0.6 is 11.6 Å². The van der Waals surface area contributed by atoms with E-state index in [1.165, 1.54) is 0 Å². The van der Waals surface area contributed by atoms with Crippen LogP contribution in [0.15, 0.2) is 28.8 Å². The van der Waals surface area contributed by atoms with Crippen LogP contribution in [0.25, 0.3) is 11.1 Å². The average Bonchev–Trinajstić information content (AvgIpc) is 2.60. The van der Waals surface area contributed by atoms with E-state index in [4.69, 9.17) is 22.4 Å². The van der Waals surface area contributed by atoms with Gasteiger partial charge in [0.2, 0.25) is 5.88 Å². The van der Waals surface area contributed by atoms with Gasteiger partial charge in [0, 0.05) is 10.6 Å². The second kappa shape index (κ2) is 4.34. The lowest BCUT2D eigenvalue weighted by Gasteiger charge is -2.03. The van der Waals surface area contributed by atoms with Crippen LogP contribution in [0.5, 0.6) is 5.88 Å². The van der Waals surface area contributed by atoms with Gasteiger partial charge in [0.25, 0.3) is 5.88 Å². The molecule has 0 saturated heterocycles. The molecule has 1 aromatic heterocycles. The predicted molar refractivity (Wildman–Crippen MR) is 60.0 cm³/mol. The Labute approximate surface area is 101 Å². The number of anilines is 1. The number of nitrogen functional groups attached to an aromatic ring is 1. The summed E-state index contributed by atoms with van der Waals surface area (Å²) < 4.78 is 9.14. The minimum absolute atomic E-state index is 0.0608. The lowest BCUT2D eigenvalue weighted by atomic mass is 10.1. The molecule has 0 spiro atoms. The van der Waals surface area contributed by atoms with E-state index < -0.39 is 6.16 Å². The predicted octanol–water partition coefficient (Wildman–Crippen LogP) is 2.63. The third kappa shape index (κ3) is 2.16. The zero-order valence-electron chi connectivity index (χ0n) is 8.38. The normalized spacial score (nSPS) is 10.2. The highest BCUT2D eigenvalue weighted by atomic mass is 35.5. The van der Waals surface area contributed by atoms with E-state index in [0.717, 1.165) is 0 Å². The molecule has 0 aliphatic heterocycles. The first-order valence-electron chi connectivity index (χ1n) is 4.50. The number of aromatic nitrogens is 1. The molecule has 0 unspecified atom stereocenters. The zero-order chi connectivity index (χ0) is 12.4. The molecule has 2 aromatic rings. The Kier molecular flexibility index (Phi) is 2.88. The Bertz CT molecular complexity index is 567. The van der Waals surface area contributed by atoms with Crippen molar-refractivity contribution < 1.29 is 19.2 Å². The third-order valence-electron chi connectivity index (χ3n) is 2.01. The van der Waals surface area contributed by atoms with Gasteiger partial charge in [0.05, 0.1) is 0 Å². The molecule has 2 rings (SSSR count). The maximum absolute atomic E-state index is 10.5. The van der Waals surface area contributed by atoms with Crippen LogP contribution in [-0.4, -0.2) is 16.4 Å². The minimum atomic E-state index is -1.51. The van der Waals surface area contributed by atoms with Crippen LogP contribution in [0.2, 0.25) is 5.02 Å². The van der Waals surface area contributed by atoms with E-state index in [2.05, 4.69) is 14.4 Å². The standard InChI is InChI=1S/C10H7ClN2O4/c11-6-4-2-1-3-5(6)7-8(12)17-13-9(7)16-10(14)15/h1-4H,12H2,(H,14,15). The highest BCUT2D eigenvalue weighted by molar-refractivity contribution is 6.33. The SMILES string of the molecule is Nc1onc(OC(=O)O)c1-c1ccccc1Cl. The number of rotatable bonds is 2. The van der Waals surface area contributed by atoms with Crippen LogP contribution in [0, 0.1) is 0 Å². The number of ether oxygens (including phenoxy) is 1. The number of hydrogen-bond donors (Lipinski definition) is 2. The minimum Gasteiger partial charge on any atom is -0.449 e. The van der Waals surface area contributed by atoms with Gasteiger partial charge in [-0.25, -0.2) is 4.79 Å². The summed E-state index contributed by atoms with van der Waals surface area (Å²) in [6.07, 6.45) is -1.51. The molecule has 0 saturated carbocycles. The topological polar surface area (TPSA) is 98.6 Å². The molecule has 0 bridgehead atoms. The van der Waals surface area contributed by atoms with Gasteiger partial charge in [-0.05, 0) is 11.2 Å². The average molecular weight is 255 g/mol. The first kappa shape index (κ1) is 11.3. The molecule has 6 nitrogen and oxygen atoms in total. The summed E-state index contributed by atoms with van der Waals surface area (Å²) in [5.74, 6) is -0.294. The number of hydrogen-bond acceptors (Lipinski definition) is 5. The highest BCUT2D eigenvalue weighted by Gasteiger charge is 2.21. The number of halogens is 1. The van der Waals surface area contributed by atoms with Crippen LogP contribution in [0.3, 0.4) is 0 Å². The van der Waals surface area contributed by atoms with Gasteiger partial charge in [-0.3, -0.25) is 0 Å². The fourth-order valence-corrected chi connectivity index (χ4v) is 1.58. The molecule has 0 aliphatic rings. The number of benzene rings is 1. The molecule has 17 heavy (non-hydrogen) atoms. The molecule has 0 aliphatic carbocycles. The molecule has 1 heterocycles. The summed E-state index contributed by atoms with van der Waals surface area (Å²) in [6, 6.07) is 6.74. The van der Waals surface area contributed by atoms with E-state index >= 15 is 0 Å². The maximum Gasteiger partial charge on any atom is 0.512 e. The Morgan fingerprint density at radius 2 is 2.18 bits per heavy atom. The van der Waals surface area contributed by atoms with Gasteiger partial charge in [0.15, 0.2) is 0 Å². The first-order chi connectivity index (χ1) is 8.09. The van der Waals surface area contributed by atoms with Crippen molar-refractivity contribution >= 4 is 23.6 Å². The summed E-state index contributed by atoms with van der Waals surface area (Å²) >= 11 is 5.97. The molecular weight excluding hydrogens is 248 g/mol. The van der Waals surface area contributed by atoms with Crippen molar-refractivity contribution in [3.05, 3.63) is 29.3 Å². The van der Waals surface area contributed by atoms with E-state index in [0.29, 0.717) is 10.6 Å². The van der Waals surface area contributed by atoms with Crippen molar-refractivity contribution in [3.8, 4) is 17.0 Å². The fourth-order valence-electron chi connectivity index (χ4n) is 1.35. The molecule has 0 atom stereocenters. The molecule has 7 heteroatoms. The van der Waals surface area contributed by atoms with Gasteiger partial charge in [0.1, 0.15) is 5.56 Å². The first-order valence-corrected chi connectivity index (χ1v) is 4.88. The van der Waals surface area contributed by atoms with Crippen molar-refractivity contribution in [3.63, 3.8) is 0 Å². The molecule has 88 valence electrons. The van der Waals surface area contributed by atoms with Crippen molar-refractivity contribution in [2.45, 2.75) is 0 Å². The lowest BCUT2D eigenvalue weighted by Crippen LogP contribution is -2.04. The van der Waals surface area contributed by atoms with Gasteiger partial charge >= 0.3 is 6.16 Å². The van der Waals surface area contributed by atoms with Gasteiger partial charge in [-0.2, -0.15) is 0 Å². The van der Waals surface area contributed by atoms with Gasteiger partial charge in [-0.1, -0.05) is 29.8 Å². The second-order valence-corrected chi connectivity index (χ2v) is 3.48. The van der Waals surface area contributed by atoms with E-state index in [1.54, 1.807) is 24.3 Å². The number of nitrogens with zero attached hydrogens (tertiary/aromatic N) is 1. The summed E-state index contributed by atoms with van der Waals surface area (Å²) in [4.78, 5) is 10.5. The molecular formula is C10H7ClN2O4. The smallest absolute Gasteiger partial charge is 0.449 e. The summed E-state index contributed by atoms with van der Waals surface area (Å²) in [5, 5.41) is 12.3. The zero-order valence-corrected chi connectivity index (χ0v) is 9.14. The number of nitrogens with two attached hydrogens (primary N) is 1. The largest absolute Gasteiger partial charge is 0.512 e. The van der Waals surface area contributed by atoms with E-state index in [1.807, 2.05) is 0 Å². The van der Waals surface area contributed by atoms with Crippen molar-refractivity contribution in [1.82, 2.24) is 5.16 Å². The maximum atomic E-state index is 10.5. The second-order valence-electron chi connectivity index (χ2n) is 3.07. The van der Waals surface area contributed by atoms with Gasteiger partial charge in [-0.15, -0.1) is 0 Å². The Morgan fingerprint density at radius 1 is 1.47 bits per heavy atom. The highest BCUT2D eigenvalue weighted by Crippen LogP contribution is 2.38. The number of carboxylic acid groups (broad SMARTS) is 1. The molecule has 1 aromatic carbocycles. The Morgan fingerprint density at radius 3 is 2.82 bits per heavy atom. The molecule has 0 fully saturated rings. The van der Waals surface area contributed by atoms with E-state index in [-0.39, 0.29) is 17.3 Å². The summed E-state index contributed by atoms with van der Waals surface area (Å²) in [7, 11) is 0. The monoisotopic (exact) mass is 254 g/mol. The van der Waals surface area contributed by atoms with Crippen molar-refractivity contribution in [2.24, 2.45) is 0 Å². The number of carbonyl (C=O) groups is 1. The van der Waals surface area contributed by atoms with E-state index in [9.17, 15) is 4.79 Å². The van der Waals surface area contributed by atoms with Crippen molar-refractivity contribution in [1.29, 1.82) is 0 Å².